The Kier molecular flexibility index (Phi) is 2.68. The van der Waals surface area contributed by atoms with E-state index in [2.05, 4.69) is 10.1 Å². The van der Waals surface area contributed by atoms with Gasteiger partial charge in [-0.25, -0.2) is 0 Å². The third-order valence-electron chi connectivity index (χ3n) is 2.60. The summed E-state index contributed by atoms with van der Waals surface area (Å²) in [6.07, 6.45) is 1.39. The van der Waals surface area contributed by atoms with Crippen LogP contribution in [0.2, 0.25) is 0 Å². The van der Waals surface area contributed by atoms with Crippen LogP contribution in [0.4, 0.5) is 0 Å². The summed E-state index contributed by atoms with van der Waals surface area (Å²) in [5.74, 6) is 1.17. The summed E-state index contributed by atoms with van der Waals surface area (Å²) in [5, 5.41) is 3.68. The molecule has 15 heavy (non-hydrogen) atoms. The molecule has 1 aliphatic heterocycles. The molecule has 1 amide bonds. The second-order valence-corrected chi connectivity index (χ2v) is 3.69. The molecular weight excluding hydrogens is 196 g/mol. The predicted octanol–water partition coefficient (Wildman–Crippen LogP) is -0.172. The fraction of sp³-hybridized carbons (Fsp3) is 0.667. The van der Waals surface area contributed by atoms with Crippen molar-refractivity contribution in [3.05, 3.63) is 11.7 Å². The maximum absolute atomic E-state index is 11.5. The molecule has 1 fully saturated rings. The molecule has 0 aromatic carbocycles. The number of amides is 1. The smallest absolute Gasteiger partial charge is 0.246 e. The first-order valence-electron chi connectivity index (χ1n) is 4.99. The number of carbonyl (C=O) groups is 1. The first-order valence-corrected chi connectivity index (χ1v) is 4.99. The number of likely N-dealkylation sites (tertiary alicyclic amines) is 1. The number of carbonyl (C=O) groups excluding carboxylic acids is 1. The van der Waals surface area contributed by atoms with E-state index in [4.69, 9.17) is 10.3 Å². The normalized spacial score (nSPS) is 21.3. The first kappa shape index (κ1) is 10.1. The van der Waals surface area contributed by atoms with Crippen LogP contribution < -0.4 is 5.73 Å². The quantitative estimate of drug-likeness (QED) is 0.748. The third kappa shape index (κ3) is 1.99. The zero-order chi connectivity index (χ0) is 10.8. The lowest BCUT2D eigenvalue weighted by Crippen LogP contribution is -2.37. The number of aromatic nitrogens is 2. The second kappa shape index (κ2) is 3.98. The van der Waals surface area contributed by atoms with Crippen LogP contribution in [0, 0.1) is 6.92 Å². The van der Waals surface area contributed by atoms with Crippen LogP contribution in [-0.2, 0) is 11.3 Å². The van der Waals surface area contributed by atoms with Crippen LogP contribution in [-0.4, -0.2) is 33.5 Å². The number of hydrogen-bond acceptors (Lipinski definition) is 5. The maximum Gasteiger partial charge on any atom is 0.246 e. The molecule has 0 bridgehead atoms. The Morgan fingerprint density at radius 3 is 3.07 bits per heavy atom. The van der Waals surface area contributed by atoms with E-state index in [1.165, 1.54) is 0 Å². The molecule has 1 aliphatic rings. The van der Waals surface area contributed by atoms with Crippen molar-refractivity contribution in [2.45, 2.75) is 32.4 Å². The highest BCUT2D eigenvalue weighted by Crippen LogP contribution is 2.19. The molecule has 0 spiro atoms. The second-order valence-electron chi connectivity index (χ2n) is 3.69. The minimum Gasteiger partial charge on any atom is -0.337 e. The standard InChI is InChI=1S/C9H14N4O2/c1-6-11-8(15-12-6)5-13-7(4-10)2-3-9(13)14/h7H,2-5,10H2,1H3. The van der Waals surface area contributed by atoms with Gasteiger partial charge in [-0.2, -0.15) is 4.98 Å². The van der Waals surface area contributed by atoms with Crippen molar-refractivity contribution in [1.29, 1.82) is 0 Å². The lowest BCUT2D eigenvalue weighted by molar-refractivity contribution is -0.129. The Morgan fingerprint density at radius 1 is 1.67 bits per heavy atom. The molecular formula is C9H14N4O2. The van der Waals surface area contributed by atoms with Gasteiger partial charge >= 0.3 is 0 Å². The van der Waals surface area contributed by atoms with Gasteiger partial charge in [-0.1, -0.05) is 5.16 Å². The summed E-state index contributed by atoms with van der Waals surface area (Å²) in [6, 6.07) is 0.115. The van der Waals surface area contributed by atoms with Crippen molar-refractivity contribution in [1.82, 2.24) is 15.0 Å². The highest BCUT2D eigenvalue weighted by molar-refractivity contribution is 5.78. The fourth-order valence-electron chi connectivity index (χ4n) is 1.81. The fourth-order valence-corrected chi connectivity index (χ4v) is 1.81. The van der Waals surface area contributed by atoms with Crippen LogP contribution >= 0.6 is 0 Å². The first-order chi connectivity index (χ1) is 7.20. The van der Waals surface area contributed by atoms with Gasteiger partial charge in [-0.3, -0.25) is 4.79 Å². The van der Waals surface area contributed by atoms with Crippen molar-refractivity contribution in [2.75, 3.05) is 6.54 Å². The van der Waals surface area contributed by atoms with Gasteiger partial charge in [0.25, 0.3) is 0 Å². The van der Waals surface area contributed by atoms with E-state index in [9.17, 15) is 4.79 Å². The minimum atomic E-state index is 0.112. The molecule has 0 saturated carbocycles. The van der Waals surface area contributed by atoms with Gasteiger partial charge in [0.05, 0.1) is 0 Å². The van der Waals surface area contributed by atoms with Gasteiger partial charge in [0.1, 0.15) is 6.54 Å². The van der Waals surface area contributed by atoms with E-state index in [1.54, 1.807) is 11.8 Å². The zero-order valence-corrected chi connectivity index (χ0v) is 8.64. The van der Waals surface area contributed by atoms with Gasteiger partial charge in [0.15, 0.2) is 5.82 Å². The van der Waals surface area contributed by atoms with Gasteiger partial charge < -0.3 is 15.2 Å². The number of aryl methyl sites for hydroxylation is 1. The lowest BCUT2D eigenvalue weighted by atomic mass is 10.2. The number of hydrogen-bond donors (Lipinski definition) is 1. The minimum absolute atomic E-state index is 0.112. The summed E-state index contributed by atoms with van der Waals surface area (Å²) in [5.41, 5.74) is 5.58. The molecule has 2 rings (SSSR count). The number of rotatable bonds is 3. The van der Waals surface area contributed by atoms with E-state index >= 15 is 0 Å². The number of nitrogens with two attached hydrogens (primary N) is 1. The summed E-state index contributed by atoms with van der Waals surface area (Å²) in [6.45, 7) is 2.61. The van der Waals surface area contributed by atoms with Crippen LogP contribution in [0.5, 0.6) is 0 Å². The summed E-state index contributed by atoms with van der Waals surface area (Å²) in [7, 11) is 0. The molecule has 1 saturated heterocycles. The molecule has 2 N–H and O–H groups in total. The molecule has 1 atom stereocenters. The van der Waals surface area contributed by atoms with Gasteiger partial charge in [0.2, 0.25) is 11.8 Å². The summed E-state index contributed by atoms with van der Waals surface area (Å²) >= 11 is 0. The highest BCUT2D eigenvalue weighted by Gasteiger charge is 2.30. The van der Waals surface area contributed by atoms with E-state index in [1.807, 2.05) is 0 Å². The van der Waals surface area contributed by atoms with Crippen molar-refractivity contribution < 1.29 is 9.32 Å². The van der Waals surface area contributed by atoms with Crippen LogP contribution in [0.1, 0.15) is 24.6 Å². The molecule has 6 heteroatoms. The van der Waals surface area contributed by atoms with E-state index in [0.717, 1.165) is 6.42 Å². The molecule has 0 aliphatic carbocycles. The zero-order valence-electron chi connectivity index (χ0n) is 8.64. The Bertz CT molecular complexity index is 363. The summed E-state index contributed by atoms with van der Waals surface area (Å²) in [4.78, 5) is 17.3. The highest BCUT2D eigenvalue weighted by atomic mass is 16.5. The number of nitrogens with zero attached hydrogens (tertiary/aromatic N) is 3. The SMILES string of the molecule is Cc1noc(CN2C(=O)CCC2CN)n1. The monoisotopic (exact) mass is 210 g/mol. The predicted molar refractivity (Wildman–Crippen MR) is 51.7 cm³/mol. The largest absolute Gasteiger partial charge is 0.337 e. The lowest BCUT2D eigenvalue weighted by Gasteiger charge is -2.21. The molecule has 1 aromatic rings. The van der Waals surface area contributed by atoms with Crippen molar-refractivity contribution in [3.8, 4) is 0 Å². The van der Waals surface area contributed by atoms with Gasteiger partial charge in [0, 0.05) is 19.0 Å². The molecule has 0 radical (unpaired) electrons. The molecule has 2 heterocycles. The topological polar surface area (TPSA) is 85.2 Å². The average Bonchev–Trinajstić information content (AvgIpc) is 2.76. The van der Waals surface area contributed by atoms with Gasteiger partial charge in [-0.15, -0.1) is 0 Å². The average molecular weight is 210 g/mol. The van der Waals surface area contributed by atoms with Crippen molar-refractivity contribution >= 4 is 5.91 Å². The van der Waals surface area contributed by atoms with Crippen molar-refractivity contribution in [2.24, 2.45) is 5.73 Å². The van der Waals surface area contributed by atoms with E-state index in [0.29, 0.717) is 31.2 Å². The van der Waals surface area contributed by atoms with Crippen molar-refractivity contribution in [3.63, 3.8) is 0 Å². The maximum atomic E-state index is 11.5. The van der Waals surface area contributed by atoms with Gasteiger partial charge in [-0.05, 0) is 13.3 Å². The molecule has 1 aromatic heterocycles. The molecule has 1 unspecified atom stereocenters. The van der Waals surface area contributed by atoms with E-state index < -0.39 is 0 Å². The third-order valence-corrected chi connectivity index (χ3v) is 2.60. The Balaban J connectivity index is 2.06. The Morgan fingerprint density at radius 2 is 2.47 bits per heavy atom. The molecule has 6 nitrogen and oxygen atoms in total. The van der Waals surface area contributed by atoms with Crippen LogP contribution in [0.25, 0.3) is 0 Å². The molecule has 82 valence electrons. The van der Waals surface area contributed by atoms with Crippen LogP contribution in [0.15, 0.2) is 4.52 Å². The Hall–Kier alpha value is -1.43. The van der Waals surface area contributed by atoms with Crippen LogP contribution in [0.3, 0.4) is 0 Å². The van der Waals surface area contributed by atoms with E-state index in [-0.39, 0.29) is 11.9 Å². The summed E-state index contributed by atoms with van der Waals surface area (Å²) < 4.78 is 4.97. The Labute approximate surface area is 87.4 Å².